The maximum Gasteiger partial charge on any atom is 0.142 e. The van der Waals surface area contributed by atoms with E-state index in [0.717, 1.165) is 30.0 Å². The molecule has 0 bridgehead atoms. The van der Waals surface area contributed by atoms with E-state index < -0.39 is 0 Å². The van der Waals surface area contributed by atoms with Gasteiger partial charge in [0.1, 0.15) is 11.5 Å². The zero-order chi connectivity index (χ0) is 11.5. The topological polar surface area (TPSA) is 56.5 Å². The van der Waals surface area contributed by atoms with Gasteiger partial charge < -0.3 is 20.5 Å². The molecule has 1 aliphatic carbocycles. The highest BCUT2D eigenvalue weighted by Crippen LogP contribution is 2.32. The van der Waals surface area contributed by atoms with E-state index in [1.54, 1.807) is 14.2 Å². The normalized spacial score (nSPS) is 23.4. The highest BCUT2D eigenvalue weighted by Gasteiger charge is 2.26. The molecule has 0 spiro atoms. The Hall–Kier alpha value is -1.42. The number of nitrogens with two attached hydrogens (primary N) is 1. The summed E-state index contributed by atoms with van der Waals surface area (Å²) in [6.07, 6.45) is 2.03. The van der Waals surface area contributed by atoms with Crippen molar-refractivity contribution in [2.45, 2.75) is 24.9 Å². The minimum atomic E-state index is 0.342. The van der Waals surface area contributed by atoms with Crippen LogP contribution in [0.2, 0.25) is 0 Å². The molecule has 0 aromatic heterocycles. The van der Waals surface area contributed by atoms with Crippen LogP contribution < -0.4 is 20.5 Å². The minimum absolute atomic E-state index is 0.342. The molecular formula is C12H18N2O2. The molecule has 0 heterocycles. The molecule has 1 aromatic rings. The van der Waals surface area contributed by atoms with Gasteiger partial charge in [-0.2, -0.15) is 0 Å². The predicted molar refractivity (Wildman–Crippen MR) is 64.2 cm³/mol. The second-order valence-corrected chi connectivity index (χ2v) is 4.14. The van der Waals surface area contributed by atoms with Crippen molar-refractivity contribution in [2.75, 3.05) is 19.5 Å². The summed E-state index contributed by atoms with van der Waals surface area (Å²) in [5, 5.41) is 3.42. The molecule has 1 aromatic carbocycles. The van der Waals surface area contributed by atoms with E-state index in [4.69, 9.17) is 15.2 Å². The molecule has 2 rings (SSSR count). The average molecular weight is 222 g/mol. The first kappa shape index (κ1) is 11.1. The van der Waals surface area contributed by atoms with Crippen molar-refractivity contribution >= 4 is 5.69 Å². The van der Waals surface area contributed by atoms with Crippen LogP contribution in [0.3, 0.4) is 0 Å². The van der Waals surface area contributed by atoms with Crippen molar-refractivity contribution in [3.63, 3.8) is 0 Å². The number of rotatable bonds is 4. The molecule has 0 radical (unpaired) electrons. The lowest BCUT2D eigenvalue weighted by atomic mass is 9.87. The third kappa shape index (κ3) is 2.22. The van der Waals surface area contributed by atoms with E-state index >= 15 is 0 Å². The van der Waals surface area contributed by atoms with Gasteiger partial charge in [0, 0.05) is 18.2 Å². The first-order valence-electron chi connectivity index (χ1n) is 5.47. The first-order chi connectivity index (χ1) is 7.72. The van der Waals surface area contributed by atoms with Crippen LogP contribution in [0.1, 0.15) is 12.8 Å². The molecule has 1 fully saturated rings. The van der Waals surface area contributed by atoms with E-state index in [9.17, 15) is 0 Å². The van der Waals surface area contributed by atoms with Gasteiger partial charge in [-0.1, -0.05) is 0 Å². The lowest BCUT2D eigenvalue weighted by Crippen LogP contribution is -2.44. The summed E-state index contributed by atoms with van der Waals surface area (Å²) in [5.41, 5.74) is 6.72. The second kappa shape index (κ2) is 4.61. The minimum Gasteiger partial charge on any atom is -0.497 e. The zero-order valence-corrected chi connectivity index (χ0v) is 9.69. The van der Waals surface area contributed by atoms with Gasteiger partial charge in [-0.05, 0) is 25.0 Å². The van der Waals surface area contributed by atoms with Crippen molar-refractivity contribution < 1.29 is 9.47 Å². The molecule has 0 saturated heterocycles. The van der Waals surface area contributed by atoms with E-state index in [1.807, 2.05) is 18.2 Å². The van der Waals surface area contributed by atoms with Crippen LogP contribution in [-0.2, 0) is 0 Å². The van der Waals surface area contributed by atoms with Crippen LogP contribution in [0.4, 0.5) is 5.69 Å². The fourth-order valence-electron chi connectivity index (χ4n) is 1.93. The van der Waals surface area contributed by atoms with Crippen LogP contribution in [0.5, 0.6) is 11.5 Å². The molecule has 4 nitrogen and oxygen atoms in total. The van der Waals surface area contributed by atoms with Crippen LogP contribution >= 0.6 is 0 Å². The number of ether oxygens (including phenoxy) is 2. The van der Waals surface area contributed by atoms with Gasteiger partial charge in [0.15, 0.2) is 0 Å². The smallest absolute Gasteiger partial charge is 0.142 e. The molecule has 88 valence electrons. The Kier molecular flexibility index (Phi) is 3.19. The molecular weight excluding hydrogens is 204 g/mol. The van der Waals surface area contributed by atoms with Crippen molar-refractivity contribution in [2.24, 2.45) is 5.73 Å². The van der Waals surface area contributed by atoms with Gasteiger partial charge in [0.2, 0.25) is 0 Å². The van der Waals surface area contributed by atoms with Gasteiger partial charge in [0.25, 0.3) is 0 Å². The number of hydrogen-bond acceptors (Lipinski definition) is 4. The Balaban J connectivity index is 2.10. The van der Waals surface area contributed by atoms with E-state index in [0.29, 0.717) is 12.1 Å². The third-order valence-corrected chi connectivity index (χ3v) is 2.94. The average Bonchev–Trinajstić information content (AvgIpc) is 2.27. The number of methoxy groups -OCH3 is 2. The summed E-state index contributed by atoms with van der Waals surface area (Å²) < 4.78 is 10.5. The molecule has 0 unspecified atom stereocenters. The van der Waals surface area contributed by atoms with Gasteiger partial charge >= 0.3 is 0 Å². The maximum absolute atomic E-state index is 5.75. The van der Waals surface area contributed by atoms with Gasteiger partial charge in [0.05, 0.1) is 19.9 Å². The summed E-state index contributed by atoms with van der Waals surface area (Å²) in [4.78, 5) is 0. The van der Waals surface area contributed by atoms with Crippen molar-refractivity contribution in [1.29, 1.82) is 0 Å². The second-order valence-electron chi connectivity index (χ2n) is 4.14. The van der Waals surface area contributed by atoms with Crippen molar-refractivity contribution in [1.82, 2.24) is 0 Å². The van der Waals surface area contributed by atoms with Gasteiger partial charge in [-0.3, -0.25) is 0 Å². The lowest BCUT2D eigenvalue weighted by Gasteiger charge is -2.34. The summed E-state index contributed by atoms with van der Waals surface area (Å²) in [5.74, 6) is 1.66. The van der Waals surface area contributed by atoms with Gasteiger partial charge in [-0.25, -0.2) is 0 Å². The van der Waals surface area contributed by atoms with E-state index in [2.05, 4.69) is 5.32 Å². The van der Waals surface area contributed by atoms with Gasteiger partial charge in [-0.15, -0.1) is 0 Å². The Morgan fingerprint density at radius 2 is 2.00 bits per heavy atom. The molecule has 1 aliphatic rings. The number of anilines is 1. The number of nitrogens with one attached hydrogen (secondary N) is 1. The molecule has 0 aliphatic heterocycles. The fraction of sp³-hybridized carbons (Fsp3) is 0.500. The molecule has 0 atom stereocenters. The largest absolute Gasteiger partial charge is 0.497 e. The Labute approximate surface area is 95.7 Å². The Morgan fingerprint density at radius 3 is 2.56 bits per heavy atom. The highest BCUT2D eigenvalue weighted by molar-refractivity contribution is 5.60. The number of hydrogen-bond donors (Lipinski definition) is 2. The molecule has 4 heteroatoms. The number of benzene rings is 1. The van der Waals surface area contributed by atoms with Crippen LogP contribution in [0.15, 0.2) is 18.2 Å². The molecule has 0 amide bonds. The quantitative estimate of drug-likeness (QED) is 0.812. The summed E-state index contributed by atoms with van der Waals surface area (Å²) >= 11 is 0. The van der Waals surface area contributed by atoms with Crippen LogP contribution in [0.25, 0.3) is 0 Å². The van der Waals surface area contributed by atoms with Crippen molar-refractivity contribution in [3.05, 3.63) is 18.2 Å². The zero-order valence-electron chi connectivity index (χ0n) is 9.69. The summed E-state index contributed by atoms with van der Waals surface area (Å²) in [6.45, 7) is 0. The van der Waals surface area contributed by atoms with Crippen LogP contribution in [-0.4, -0.2) is 26.3 Å². The Morgan fingerprint density at radius 1 is 1.25 bits per heavy atom. The standard InChI is InChI=1S/C12H18N2O2/c1-15-10-3-4-12(16-2)11(7-10)14-9-5-8(13)6-9/h3-4,7-9,14H,5-6,13H2,1-2H3. The maximum atomic E-state index is 5.75. The van der Waals surface area contributed by atoms with E-state index in [1.165, 1.54) is 0 Å². The fourth-order valence-corrected chi connectivity index (χ4v) is 1.93. The highest BCUT2D eigenvalue weighted by atomic mass is 16.5. The first-order valence-corrected chi connectivity index (χ1v) is 5.47. The SMILES string of the molecule is COc1ccc(OC)c(NC2CC(N)C2)c1. The monoisotopic (exact) mass is 222 g/mol. The molecule has 16 heavy (non-hydrogen) atoms. The Bertz CT molecular complexity index is 362. The lowest BCUT2D eigenvalue weighted by molar-refractivity contribution is 0.368. The summed E-state index contributed by atoms with van der Waals surface area (Å²) in [7, 11) is 3.32. The predicted octanol–water partition coefficient (Wildman–Crippen LogP) is 1.61. The van der Waals surface area contributed by atoms with Crippen molar-refractivity contribution in [3.8, 4) is 11.5 Å². The van der Waals surface area contributed by atoms with Crippen LogP contribution in [0, 0.1) is 0 Å². The molecule has 3 N–H and O–H groups in total. The van der Waals surface area contributed by atoms with E-state index in [-0.39, 0.29) is 0 Å². The summed E-state index contributed by atoms with van der Waals surface area (Å²) in [6, 6.07) is 6.53. The molecule has 1 saturated carbocycles. The third-order valence-electron chi connectivity index (χ3n) is 2.94.